The minimum atomic E-state index is 0.665. The zero-order valence-electron chi connectivity index (χ0n) is 10.1. The van der Waals surface area contributed by atoms with E-state index in [1.807, 2.05) is 23.6 Å². The van der Waals surface area contributed by atoms with Crippen LogP contribution in [0.3, 0.4) is 0 Å². The van der Waals surface area contributed by atoms with E-state index in [2.05, 4.69) is 20.6 Å². The molecule has 5 heteroatoms. The summed E-state index contributed by atoms with van der Waals surface area (Å²) in [6, 6.07) is 3.94. The second kappa shape index (κ2) is 4.41. The summed E-state index contributed by atoms with van der Waals surface area (Å²) < 4.78 is 1.88. The molecule has 1 fully saturated rings. The summed E-state index contributed by atoms with van der Waals surface area (Å²) in [5.74, 6) is 1.65. The smallest absolute Gasteiger partial charge is 0.177 e. The van der Waals surface area contributed by atoms with Gasteiger partial charge in [0.05, 0.1) is 5.69 Å². The number of piperidine rings is 1. The van der Waals surface area contributed by atoms with E-state index in [1.165, 1.54) is 12.8 Å². The highest BCUT2D eigenvalue weighted by molar-refractivity contribution is 5.36. The topological polar surface area (TPSA) is 55.1 Å². The third-order valence-electron chi connectivity index (χ3n) is 3.33. The van der Waals surface area contributed by atoms with Crippen molar-refractivity contribution < 1.29 is 0 Å². The molecule has 2 aromatic heterocycles. The summed E-state index contributed by atoms with van der Waals surface area (Å²) in [5, 5.41) is 16.3. The lowest BCUT2D eigenvalue weighted by molar-refractivity contribution is 0.368. The second-order valence-electron chi connectivity index (χ2n) is 4.78. The Morgan fingerprint density at radius 2 is 2.35 bits per heavy atom. The number of fused-ring (bicyclic) bond motifs is 1. The van der Waals surface area contributed by atoms with Gasteiger partial charge < -0.3 is 5.32 Å². The molecule has 1 N–H and O–H groups in total. The number of nitrogens with one attached hydrogen (secondary N) is 1. The number of aryl methyl sites for hydroxylation is 1. The van der Waals surface area contributed by atoms with Gasteiger partial charge in [-0.3, -0.25) is 0 Å². The van der Waals surface area contributed by atoms with Gasteiger partial charge in [-0.25, -0.2) is 0 Å². The van der Waals surface area contributed by atoms with E-state index < -0.39 is 0 Å². The predicted molar refractivity (Wildman–Crippen MR) is 64.8 cm³/mol. The van der Waals surface area contributed by atoms with Crippen LogP contribution in [0.2, 0.25) is 0 Å². The molecule has 90 valence electrons. The lowest BCUT2D eigenvalue weighted by Crippen LogP contribution is -2.31. The maximum absolute atomic E-state index is 4.47. The van der Waals surface area contributed by atoms with Gasteiger partial charge in [0.2, 0.25) is 0 Å². The van der Waals surface area contributed by atoms with E-state index >= 15 is 0 Å². The fourth-order valence-corrected chi connectivity index (χ4v) is 2.41. The minimum absolute atomic E-state index is 0.665. The van der Waals surface area contributed by atoms with Crippen LogP contribution in [0, 0.1) is 12.8 Å². The molecule has 0 aromatic carbocycles. The lowest BCUT2D eigenvalue weighted by Gasteiger charge is -2.21. The number of hydrogen-bond donors (Lipinski definition) is 1. The van der Waals surface area contributed by atoms with Crippen molar-refractivity contribution in [3.63, 3.8) is 0 Å². The van der Waals surface area contributed by atoms with Gasteiger partial charge in [-0.05, 0) is 50.9 Å². The molecule has 0 amide bonds. The van der Waals surface area contributed by atoms with Crippen LogP contribution in [-0.4, -0.2) is 32.9 Å². The van der Waals surface area contributed by atoms with E-state index in [-0.39, 0.29) is 0 Å². The quantitative estimate of drug-likeness (QED) is 0.837. The molecule has 0 bridgehead atoms. The van der Waals surface area contributed by atoms with Crippen molar-refractivity contribution in [3.8, 4) is 0 Å². The molecular formula is C12H17N5. The highest BCUT2D eigenvalue weighted by Crippen LogP contribution is 2.15. The molecule has 1 saturated heterocycles. The lowest BCUT2D eigenvalue weighted by atomic mass is 9.96. The standard InChI is InChI=1S/C12H17N5/c1-9-4-5-11-14-15-12(17(11)16-9)7-10-3-2-6-13-8-10/h4-5,10,13H,2-3,6-8H2,1H3. The van der Waals surface area contributed by atoms with Crippen molar-refractivity contribution in [2.75, 3.05) is 13.1 Å². The molecule has 1 aliphatic heterocycles. The maximum atomic E-state index is 4.47. The van der Waals surface area contributed by atoms with Crippen LogP contribution in [0.15, 0.2) is 12.1 Å². The molecule has 2 aromatic rings. The largest absolute Gasteiger partial charge is 0.316 e. The molecule has 1 aliphatic rings. The predicted octanol–water partition coefficient (Wildman–Crippen LogP) is 0.975. The van der Waals surface area contributed by atoms with Gasteiger partial charge in [-0.1, -0.05) is 0 Å². The Labute approximate surface area is 100 Å². The number of aromatic nitrogens is 4. The average Bonchev–Trinajstić information content (AvgIpc) is 2.73. The Morgan fingerprint density at radius 3 is 3.18 bits per heavy atom. The summed E-state index contributed by atoms with van der Waals surface area (Å²) in [5.41, 5.74) is 1.84. The van der Waals surface area contributed by atoms with E-state index in [0.717, 1.165) is 36.7 Å². The Kier molecular flexibility index (Phi) is 2.76. The van der Waals surface area contributed by atoms with Crippen LogP contribution in [0.4, 0.5) is 0 Å². The second-order valence-corrected chi connectivity index (χ2v) is 4.78. The van der Waals surface area contributed by atoms with Crippen molar-refractivity contribution in [2.24, 2.45) is 5.92 Å². The first-order valence-electron chi connectivity index (χ1n) is 6.21. The minimum Gasteiger partial charge on any atom is -0.316 e. The van der Waals surface area contributed by atoms with Crippen molar-refractivity contribution in [1.82, 2.24) is 25.1 Å². The fourth-order valence-electron chi connectivity index (χ4n) is 2.41. The van der Waals surface area contributed by atoms with Crippen LogP contribution in [-0.2, 0) is 6.42 Å². The Bertz CT molecular complexity index is 513. The zero-order chi connectivity index (χ0) is 11.7. The Hall–Kier alpha value is -1.49. The number of hydrogen-bond acceptors (Lipinski definition) is 4. The third kappa shape index (κ3) is 2.15. The molecule has 5 nitrogen and oxygen atoms in total. The van der Waals surface area contributed by atoms with Gasteiger partial charge in [0, 0.05) is 6.42 Å². The molecule has 1 atom stereocenters. The van der Waals surface area contributed by atoms with Gasteiger partial charge in [-0.15, -0.1) is 10.2 Å². The first kappa shape index (κ1) is 10.7. The van der Waals surface area contributed by atoms with Gasteiger partial charge in [0.1, 0.15) is 0 Å². The molecule has 3 heterocycles. The first-order chi connectivity index (χ1) is 8.33. The monoisotopic (exact) mass is 231 g/mol. The Balaban J connectivity index is 1.86. The van der Waals surface area contributed by atoms with Gasteiger partial charge in [-0.2, -0.15) is 9.61 Å². The molecular weight excluding hydrogens is 214 g/mol. The molecule has 1 unspecified atom stereocenters. The summed E-state index contributed by atoms with van der Waals surface area (Å²) >= 11 is 0. The van der Waals surface area contributed by atoms with Crippen molar-refractivity contribution in [2.45, 2.75) is 26.2 Å². The molecule has 17 heavy (non-hydrogen) atoms. The number of nitrogens with zero attached hydrogens (tertiary/aromatic N) is 4. The SMILES string of the molecule is Cc1ccc2nnc(CC3CCCNC3)n2n1. The first-order valence-corrected chi connectivity index (χ1v) is 6.21. The fraction of sp³-hybridized carbons (Fsp3) is 0.583. The third-order valence-corrected chi connectivity index (χ3v) is 3.33. The van der Waals surface area contributed by atoms with Crippen molar-refractivity contribution in [3.05, 3.63) is 23.7 Å². The molecule has 0 spiro atoms. The average molecular weight is 231 g/mol. The van der Waals surface area contributed by atoms with E-state index in [9.17, 15) is 0 Å². The van der Waals surface area contributed by atoms with Gasteiger partial charge >= 0.3 is 0 Å². The van der Waals surface area contributed by atoms with Gasteiger partial charge in [0.15, 0.2) is 11.5 Å². The summed E-state index contributed by atoms with van der Waals surface area (Å²) in [6.07, 6.45) is 3.49. The van der Waals surface area contributed by atoms with Gasteiger partial charge in [0.25, 0.3) is 0 Å². The molecule has 3 rings (SSSR count). The zero-order valence-corrected chi connectivity index (χ0v) is 10.1. The van der Waals surface area contributed by atoms with E-state index in [4.69, 9.17) is 0 Å². The maximum Gasteiger partial charge on any atom is 0.177 e. The van der Waals surface area contributed by atoms with Crippen LogP contribution < -0.4 is 5.32 Å². The Morgan fingerprint density at radius 1 is 1.41 bits per heavy atom. The summed E-state index contributed by atoms with van der Waals surface area (Å²) in [6.45, 7) is 4.22. The molecule has 0 radical (unpaired) electrons. The van der Waals surface area contributed by atoms with Crippen LogP contribution >= 0.6 is 0 Å². The van der Waals surface area contributed by atoms with E-state index in [1.54, 1.807) is 0 Å². The van der Waals surface area contributed by atoms with Crippen molar-refractivity contribution >= 4 is 5.65 Å². The molecule has 0 saturated carbocycles. The summed E-state index contributed by atoms with van der Waals surface area (Å²) in [4.78, 5) is 0. The summed E-state index contributed by atoms with van der Waals surface area (Å²) in [7, 11) is 0. The van der Waals surface area contributed by atoms with Crippen LogP contribution in [0.1, 0.15) is 24.4 Å². The van der Waals surface area contributed by atoms with E-state index in [0.29, 0.717) is 5.92 Å². The normalized spacial score (nSPS) is 20.9. The van der Waals surface area contributed by atoms with Crippen LogP contribution in [0.5, 0.6) is 0 Å². The highest BCUT2D eigenvalue weighted by Gasteiger charge is 2.17. The number of rotatable bonds is 2. The van der Waals surface area contributed by atoms with Crippen LogP contribution in [0.25, 0.3) is 5.65 Å². The molecule has 0 aliphatic carbocycles. The highest BCUT2D eigenvalue weighted by atomic mass is 15.4. The van der Waals surface area contributed by atoms with Crippen molar-refractivity contribution in [1.29, 1.82) is 0 Å².